The first kappa shape index (κ1) is 19.1. The van der Waals surface area contributed by atoms with Crippen LogP contribution < -0.4 is 5.32 Å². The maximum absolute atomic E-state index is 13.4. The van der Waals surface area contributed by atoms with Gasteiger partial charge in [-0.05, 0) is 37.0 Å². The van der Waals surface area contributed by atoms with Crippen molar-refractivity contribution < 1.29 is 13.9 Å². The second-order valence-corrected chi connectivity index (χ2v) is 7.41. The number of hydrogen-bond donors (Lipinski definition) is 1. The summed E-state index contributed by atoms with van der Waals surface area (Å²) in [5, 5.41) is 3.55. The molecule has 1 aromatic rings. The Labute approximate surface area is 155 Å². The van der Waals surface area contributed by atoms with Gasteiger partial charge in [0.1, 0.15) is 5.82 Å². The van der Waals surface area contributed by atoms with Crippen LogP contribution >= 0.6 is 0 Å². The van der Waals surface area contributed by atoms with Crippen molar-refractivity contribution in [3.8, 4) is 0 Å². The summed E-state index contributed by atoms with van der Waals surface area (Å²) in [6.45, 7) is 4.85. The Hall–Kier alpha value is -1.66. The molecule has 0 radical (unpaired) electrons. The molecule has 0 saturated carbocycles. The van der Waals surface area contributed by atoms with E-state index in [-0.39, 0.29) is 11.2 Å². The molecule has 2 heterocycles. The molecule has 2 fully saturated rings. The van der Waals surface area contributed by atoms with Gasteiger partial charge >= 0.3 is 0 Å². The molecule has 144 valence electrons. The zero-order valence-corrected chi connectivity index (χ0v) is 15.8. The number of nitrogens with zero attached hydrogens (tertiary/aromatic N) is 2. The number of hydrogen-bond acceptors (Lipinski definition) is 3. The van der Waals surface area contributed by atoms with E-state index in [1.54, 1.807) is 12.1 Å². The molecule has 5 nitrogen and oxygen atoms in total. The number of rotatable bonds is 5. The smallest absolute Gasteiger partial charge is 0.193 e. The van der Waals surface area contributed by atoms with E-state index in [1.807, 2.05) is 19.2 Å². The minimum atomic E-state index is -0.196. The molecule has 0 aromatic heterocycles. The first-order valence-electron chi connectivity index (χ1n) is 9.46. The van der Waals surface area contributed by atoms with Gasteiger partial charge in [0.2, 0.25) is 0 Å². The van der Waals surface area contributed by atoms with Crippen molar-refractivity contribution in [1.29, 1.82) is 0 Å². The van der Waals surface area contributed by atoms with Gasteiger partial charge in [-0.25, -0.2) is 4.39 Å². The molecular formula is C20H30FN3O2. The van der Waals surface area contributed by atoms with Crippen molar-refractivity contribution in [2.24, 2.45) is 10.9 Å². The SMILES string of the molecule is CN=C(NCC1(c2ccc(F)cc2)CCOCC1)N(C)CC1CCOC1. The Balaban J connectivity index is 1.67. The number of nitrogens with one attached hydrogen (secondary N) is 1. The lowest BCUT2D eigenvalue weighted by atomic mass is 9.74. The predicted octanol–water partition coefficient (Wildman–Crippen LogP) is 2.42. The van der Waals surface area contributed by atoms with E-state index in [1.165, 1.54) is 0 Å². The lowest BCUT2D eigenvalue weighted by molar-refractivity contribution is 0.0511. The molecule has 6 heteroatoms. The van der Waals surface area contributed by atoms with E-state index in [0.717, 1.165) is 70.3 Å². The quantitative estimate of drug-likeness (QED) is 0.645. The van der Waals surface area contributed by atoms with E-state index in [0.29, 0.717) is 5.92 Å². The van der Waals surface area contributed by atoms with Crippen LogP contribution in [0, 0.1) is 11.7 Å². The van der Waals surface area contributed by atoms with Crippen LogP contribution in [0.1, 0.15) is 24.8 Å². The Kier molecular flexibility index (Phi) is 6.48. The van der Waals surface area contributed by atoms with Crippen LogP contribution in [0.25, 0.3) is 0 Å². The van der Waals surface area contributed by atoms with Crippen molar-refractivity contribution in [2.45, 2.75) is 24.7 Å². The lowest BCUT2D eigenvalue weighted by Crippen LogP contribution is -2.49. The molecule has 1 N–H and O–H groups in total. The number of aliphatic imine (C=N–C) groups is 1. The highest BCUT2D eigenvalue weighted by molar-refractivity contribution is 5.79. The maximum Gasteiger partial charge on any atom is 0.193 e. The van der Waals surface area contributed by atoms with Gasteiger partial charge < -0.3 is 19.7 Å². The summed E-state index contributed by atoms with van der Waals surface area (Å²) in [5.41, 5.74) is 1.11. The minimum absolute atomic E-state index is 0.0563. The Morgan fingerprint density at radius 2 is 1.96 bits per heavy atom. The molecule has 1 unspecified atom stereocenters. The molecule has 2 saturated heterocycles. The van der Waals surface area contributed by atoms with Gasteiger partial charge in [-0.2, -0.15) is 0 Å². The highest BCUT2D eigenvalue weighted by Gasteiger charge is 2.35. The molecule has 1 aromatic carbocycles. The zero-order valence-electron chi connectivity index (χ0n) is 15.8. The van der Waals surface area contributed by atoms with Crippen molar-refractivity contribution in [2.75, 3.05) is 53.6 Å². The summed E-state index contributed by atoms with van der Waals surface area (Å²) >= 11 is 0. The van der Waals surface area contributed by atoms with E-state index in [2.05, 4.69) is 22.3 Å². The van der Waals surface area contributed by atoms with Crippen molar-refractivity contribution in [3.05, 3.63) is 35.6 Å². The third kappa shape index (κ3) is 4.54. The molecule has 26 heavy (non-hydrogen) atoms. The summed E-state index contributed by atoms with van der Waals surface area (Å²) in [4.78, 5) is 6.63. The van der Waals surface area contributed by atoms with Crippen LogP contribution in [0.3, 0.4) is 0 Å². The summed E-state index contributed by atoms with van der Waals surface area (Å²) in [6.07, 6.45) is 2.95. The van der Waals surface area contributed by atoms with Crippen LogP contribution in [0.2, 0.25) is 0 Å². The van der Waals surface area contributed by atoms with Gasteiger partial charge in [0.25, 0.3) is 0 Å². The Bertz CT molecular complexity index is 594. The monoisotopic (exact) mass is 363 g/mol. The average Bonchev–Trinajstić information content (AvgIpc) is 3.16. The molecule has 3 rings (SSSR count). The molecule has 0 amide bonds. The number of benzene rings is 1. The molecule has 0 aliphatic carbocycles. The fourth-order valence-corrected chi connectivity index (χ4v) is 3.97. The fraction of sp³-hybridized carbons (Fsp3) is 0.650. The Morgan fingerprint density at radius 1 is 1.23 bits per heavy atom. The molecule has 0 spiro atoms. The molecule has 2 aliphatic heterocycles. The first-order valence-corrected chi connectivity index (χ1v) is 9.46. The van der Waals surface area contributed by atoms with Crippen molar-refractivity contribution in [1.82, 2.24) is 10.2 Å². The number of halogens is 1. The van der Waals surface area contributed by atoms with Crippen molar-refractivity contribution in [3.63, 3.8) is 0 Å². The van der Waals surface area contributed by atoms with Gasteiger partial charge in [0, 0.05) is 58.3 Å². The standard InChI is InChI=1S/C20H30FN3O2/c1-22-19(24(2)13-16-7-10-26-14-16)23-15-20(8-11-25-12-9-20)17-3-5-18(21)6-4-17/h3-6,16H,7-15H2,1-2H3,(H,22,23). The second-order valence-electron chi connectivity index (χ2n) is 7.41. The highest BCUT2D eigenvalue weighted by Crippen LogP contribution is 2.34. The second kappa shape index (κ2) is 8.82. The summed E-state index contributed by atoms with van der Waals surface area (Å²) in [7, 11) is 3.89. The van der Waals surface area contributed by atoms with E-state index in [4.69, 9.17) is 9.47 Å². The van der Waals surface area contributed by atoms with E-state index in [9.17, 15) is 4.39 Å². The molecular weight excluding hydrogens is 333 g/mol. The van der Waals surface area contributed by atoms with Gasteiger partial charge in [-0.15, -0.1) is 0 Å². The summed E-state index contributed by atoms with van der Waals surface area (Å²) < 4.78 is 24.4. The van der Waals surface area contributed by atoms with Crippen LogP contribution in [0.4, 0.5) is 4.39 Å². The molecule has 2 aliphatic rings. The average molecular weight is 363 g/mol. The van der Waals surface area contributed by atoms with Gasteiger partial charge in [-0.3, -0.25) is 4.99 Å². The fourth-order valence-electron chi connectivity index (χ4n) is 3.97. The topological polar surface area (TPSA) is 46.1 Å². The van der Waals surface area contributed by atoms with Crippen LogP contribution in [-0.4, -0.2) is 64.5 Å². The third-order valence-corrected chi connectivity index (χ3v) is 5.62. The third-order valence-electron chi connectivity index (χ3n) is 5.62. The van der Waals surface area contributed by atoms with Crippen LogP contribution in [0.5, 0.6) is 0 Å². The molecule has 0 bridgehead atoms. The normalized spacial score (nSPS) is 23.0. The highest BCUT2D eigenvalue weighted by atomic mass is 19.1. The zero-order chi connectivity index (χ0) is 18.4. The first-order chi connectivity index (χ1) is 12.6. The predicted molar refractivity (Wildman–Crippen MR) is 101 cm³/mol. The largest absolute Gasteiger partial charge is 0.381 e. The summed E-state index contributed by atoms with van der Waals surface area (Å²) in [5.74, 6) is 1.26. The van der Waals surface area contributed by atoms with Gasteiger partial charge in [0.15, 0.2) is 5.96 Å². The number of guanidine groups is 1. The Morgan fingerprint density at radius 3 is 2.58 bits per heavy atom. The van der Waals surface area contributed by atoms with Crippen LogP contribution in [-0.2, 0) is 14.9 Å². The van der Waals surface area contributed by atoms with Gasteiger partial charge in [-0.1, -0.05) is 12.1 Å². The van der Waals surface area contributed by atoms with Crippen molar-refractivity contribution >= 4 is 5.96 Å². The maximum atomic E-state index is 13.4. The van der Waals surface area contributed by atoms with E-state index >= 15 is 0 Å². The summed E-state index contributed by atoms with van der Waals surface area (Å²) in [6, 6.07) is 6.91. The van der Waals surface area contributed by atoms with E-state index < -0.39 is 0 Å². The van der Waals surface area contributed by atoms with Gasteiger partial charge in [0.05, 0.1) is 6.61 Å². The minimum Gasteiger partial charge on any atom is -0.381 e. The van der Waals surface area contributed by atoms with Crippen LogP contribution in [0.15, 0.2) is 29.3 Å². The number of ether oxygens (including phenoxy) is 2. The lowest BCUT2D eigenvalue weighted by Gasteiger charge is -2.39. The molecule has 1 atom stereocenters.